The molecule has 4 nitrogen and oxygen atoms in total. The van der Waals surface area contributed by atoms with Crippen molar-refractivity contribution in [2.24, 2.45) is 0 Å². The van der Waals surface area contributed by atoms with Crippen LogP contribution in [0.3, 0.4) is 0 Å². The highest BCUT2D eigenvalue weighted by atomic mass is 79.9. The van der Waals surface area contributed by atoms with Gasteiger partial charge in [0.25, 0.3) is 0 Å². The zero-order valence-electron chi connectivity index (χ0n) is 13.5. The van der Waals surface area contributed by atoms with Crippen molar-refractivity contribution in [1.29, 1.82) is 0 Å². The van der Waals surface area contributed by atoms with E-state index in [1.165, 1.54) is 0 Å². The van der Waals surface area contributed by atoms with E-state index in [-0.39, 0.29) is 5.91 Å². The molecule has 0 radical (unpaired) electrons. The zero-order valence-corrected chi connectivity index (χ0v) is 15.8. The lowest BCUT2D eigenvalue weighted by Gasteiger charge is -2.40. The minimum atomic E-state index is -0.489. The van der Waals surface area contributed by atoms with Gasteiger partial charge in [0.1, 0.15) is 13.2 Å². The number of nitrogens with one attached hydrogen (secondary N) is 1. The van der Waals surface area contributed by atoms with Gasteiger partial charge in [-0.3, -0.25) is 4.79 Å². The maximum atomic E-state index is 13.1. The van der Waals surface area contributed by atoms with Gasteiger partial charge in [0.05, 0.1) is 11.1 Å². The number of anilines is 1. The molecule has 4 rings (SSSR count). The summed E-state index contributed by atoms with van der Waals surface area (Å²) in [4.78, 5) is 13.1. The number of rotatable bonds is 3. The Bertz CT molecular complexity index is 818. The van der Waals surface area contributed by atoms with Crippen molar-refractivity contribution in [1.82, 2.24) is 0 Å². The van der Waals surface area contributed by atoms with Crippen LogP contribution in [-0.2, 0) is 10.2 Å². The predicted molar refractivity (Wildman–Crippen MR) is 101 cm³/mol. The summed E-state index contributed by atoms with van der Waals surface area (Å²) in [5.74, 6) is 1.34. The summed E-state index contributed by atoms with van der Waals surface area (Å²) < 4.78 is 12.0. The average Bonchev–Trinajstić information content (AvgIpc) is 2.56. The molecular weight excluding hydrogens is 406 g/mol. The van der Waals surface area contributed by atoms with Gasteiger partial charge in [-0.05, 0) is 46.5 Å². The number of carbonyl (C=O) groups is 1. The minimum absolute atomic E-state index is 0.00143. The molecule has 1 N–H and O–H groups in total. The third-order valence-corrected chi connectivity index (χ3v) is 5.83. The highest BCUT2D eigenvalue weighted by molar-refractivity contribution is 9.10. The van der Waals surface area contributed by atoms with Gasteiger partial charge >= 0.3 is 0 Å². The van der Waals surface area contributed by atoms with Crippen molar-refractivity contribution in [3.05, 3.63) is 51.5 Å². The van der Waals surface area contributed by atoms with E-state index in [0.717, 1.165) is 29.3 Å². The van der Waals surface area contributed by atoms with Crippen molar-refractivity contribution in [3.8, 4) is 11.5 Å². The fraction of sp³-hybridized carbons (Fsp3) is 0.316. The SMILES string of the molecule is O=C(Nc1cc2c(cc1Br)OCCO2)C1(c2ccc(Cl)cc2)CCC1. The molecule has 1 aliphatic carbocycles. The van der Waals surface area contributed by atoms with Gasteiger partial charge in [-0.25, -0.2) is 0 Å². The first-order valence-electron chi connectivity index (χ1n) is 8.25. The van der Waals surface area contributed by atoms with Crippen LogP contribution in [0.1, 0.15) is 24.8 Å². The molecule has 0 spiro atoms. The summed E-state index contributed by atoms with van der Waals surface area (Å²) >= 11 is 9.50. The summed E-state index contributed by atoms with van der Waals surface area (Å²) in [5, 5.41) is 3.74. The molecule has 2 aliphatic rings. The Labute approximate surface area is 159 Å². The van der Waals surface area contributed by atoms with Gasteiger partial charge in [-0.15, -0.1) is 0 Å². The molecule has 0 atom stereocenters. The minimum Gasteiger partial charge on any atom is -0.486 e. The van der Waals surface area contributed by atoms with Crippen LogP contribution in [-0.4, -0.2) is 19.1 Å². The topological polar surface area (TPSA) is 47.6 Å². The van der Waals surface area contributed by atoms with E-state index in [1.54, 1.807) is 0 Å². The monoisotopic (exact) mass is 421 g/mol. The molecule has 0 aromatic heterocycles. The first-order chi connectivity index (χ1) is 12.1. The molecular formula is C19H17BrClNO3. The number of fused-ring (bicyclic) bond motifs is 1. The van der Waals surface area contributed by atoms with Gasteiger partial charge in [-0.1, -0.05) is 30.2 Å². The molecule has 0 unspecified atom stereocenters. The van der Waals surface area contributed by atoms with E-state index in [0.29, 0.717) is 35.4 Å². The lowest BCUT2D eigenvalue weighted by Crippen LogP contribution is -2.46. The number of ether oxygens (including phenoxy) is 2. The van der Waals surface area contributed by atoms with Crippen LogP contribution in [0.25, 0.3) is 0 Å². The van der Waals surface area contributed by atoms with E-state index in [4.69, 9.17) is 21.1 Å². The largest absolute Gasteiger partial charge is 0.486 e. The van der Waals surface area contributed by atoms with Crippen LogP contribution < -0.4 is 14.8 Å². The maximum Gasteiger partial charge on any atom is 0.235 e. The van der Waals surface area contributed by atoms with Crippen LogP contribution in [0.5, 0.6) is 11.5 Å². The Balaban J connectivity index is 1.61. The van der Waals surface area contributed by atoms with Crippen molar-refractivity contribution in [3.63, 3.8) is 0 Å². The Hall–Kier alpha value is -1.72. The number of amides is 1. The van der Waals surface area contributed by atoms with Crippen LogP contribution in [0.4, 0.5) is 5.69 Å². The van der Waals surface area contributed by atoms with Crippen molar-refractivity contribution >= 4 is 39.1 Å². The van der Waals surface area contributed by atoms with E-state index in [1.807, 2.05) is 36.4 Å². The predicted octanol–water partition coefficient (Wildman–Crippen LogP) is 4.93. The lowest BCUT2D eigenvalue weighted by atomic mass is 9.64. The summed E-state index contributed by atoms with van der Waals surface area (Å²) in [7, 11) is 0. The molecule has 6 heteroatoms. The molecule has 1 amide bonds. The Morgan fingerprint density at radius 1 is 1.08 bits per heavy atom. The molecule has 130 valence electrons. The number of halogens is 2. The van der Waals surface area contributed by atoms with Crippen molar-refractivity contribution in [2.75, 3.05) is 18.5 Å². The van der Waals surface area contributed by atoms with Gasteiger partial charge < -0.3 is 14.8 Å². The molecule has 1 aliphatic heterocycles. The Kier molecular flexibility index (Phi) is 4.38. The molecule has 25 heavy (non-hydrogen) atoms. The fourth-order valence-electron chi connectivity index (χ4n) is 3.35. The highest BCUT2D eigenvalue weighted by Gasteiger charge is 2.45. The van der Waals surface area contributed by atoms with Crippen LogP contribution in [0, 0.1) is 0 Å². The summed E-state index contributed by atoms with van der Waals surface area (Å²) in [6, 6.07) is 11.2. The van der Waals surface area contributed by atoms with Gasteiger partial charge in [-0.2, -0.15) is 0 Å². The van der Waals surface area contributed by atoms with Gasteiger partial charge in [0, 0.05) is 21.6 Å². The average molecular weight is 423 g/mol. The van der Waals surface area contributed by atoms with E-state index < -0.39 is 5.41 Å². The van der Waals surface area contributed by atoms with E-state index in [2.05, 4.69) is 21.2 Å². The summed E-state index contributed by atoms with van der Waals surface area (Å²) in [6.45, 7) is 1.04. The van der Waals surface area contributed by atoms with E-state index >= 15 is 0 Å². The third kappa shape index (κ3) is 3.00. The number of benzene rings is 2. The first kappa shape index (κ1) is 16.7. The molecule has 0 bridgehead atoms. The lowest BCUT2D eigenvalue weighted by molar-refractivity contribution is -0.124. The van der Waals surface area contributed by atoms with Gasteiger partial charge in [0.2, 0.25) is 5.91 Å². The smallest absolute Gasteiger partial charge is 0.235 e. The quantitative estimate of drug-likeness (QED) is 0.762. The van der Waals surface area contributed by atoms with Crippen LogP contribution in [0.15, 0.2) is 40.9 Å². The van der Waals surface area contributed by atoms with Crippen LogP contribution in [0.2, 0.25) is 5.02 Å². The van der Waals surface area contributed by atoms with Crippen LogP contribution >= 0.6 is 27.5 Å². The standard InChI is InChI=1S/C19H17BrClNO3/c20-14-10-16-17(25-9-8-24-16)11-15(14)22-18(23)19(6-1-7-19)12-2-4-13(21)5-3-12/h2-5,10-11H,1,6-9H2,(H,22,23). The zero-order chi connectivity index (χ0) is 17.4. The normalized spacial score (nSPS) is 17.5. The summed E-state index contributed by atoms with van der Waals surface area (Å²) in [5.41, 5.74) is 1.21. The first-order valence-corrected chi connectivity index (χ1v) is 9.42. The van der Waals surface area contributed by atoms with Crippen molar-refractivity contribution in [2.45, 2.75) is 24.7 Å². The molecule has 0 saturated heterocycles. The molecule has 1 heterocycles. The highest BCUT2D eigenvalue weighted by Crippen LogP contribution is 2.46. The number of hydrogen-bond acceptors (Lipinski definition) is 3. The second kappa shape index (κ2) is 6.54. The molecule has 1 fully saturated rings. The van der Waals surface area contributed by atoms with Crippen molar-refractivity contribution < 1.29 is 14.3 Å². The second-order valence-electron chi connectivity index (χ2n) is 6.37. The molecule has 1 saturated carbocycles. The van der Waals surface area contributed by atoms with E-state index in [9.17, 15) is 4.79 Å². The Morgan fingerprint density at radius 3 is 2.32 bits per heavy atom. The summed E-state index contributed by atoms with van der Waals surface area (Å²) in [6.07, 6.45) is 2.71. The number of hydrogen-bond donors (Lipinski definition) is 1. The molecule has 2 aromatic carbocycles. The third-order valence-electron chi connectivity index (χ3n) is 4.92. The second-order valence-corrected chi connectivity index (χ2v) is 7.66. The van der Waals surface area contributed by atoms with Gasteiger partial charge in [0.15, 0.2) is 11.5 Å². The fourth-order valence-corrected chi connectivity index (χ4v) is 3.90. The maximum absolute atomic E-state index is 13.1. The molecule has 2 aromatic rings. The number of carbonyl (C=O) groups excluding carboxylic acids is 1. The Morgan fingerprint density at radius 2 is 1.72 bits per heavy atom.